The number of rotatable bonds is 4. The molecule has 0 aliphatic carbocycles. The van der Waals surface area contributed by atoms with Crippen molar-refractivity contribution in [2.75, 3.05) is 12.4 Å². The van der Waals surface area contributed by atoms with Gasteiger partial charge in [-0.1, -0.05) is 29.8 Å². The molecule has 0 aliphatic heterocycles. The zero-order valence-electron chi connectivity index (χ0n) is 14.6. The molecular weight excluding hydrogens is 354 g/mol. The number of carbonyl (C=O) groups excluding carboxylic acids is 1. The van der Waals surface area contributed by atoms with E-state index in [0.717, 1.165) is 0 Å². The molecule has 134 valence electrons. The van der Waals surface area contributed by atoms with Crippen LogP contribution < -0.4 is 15.6 Å². The number of nitrogens with one attached hydrogen (secondary N) is 1. The summed E-state index contributed by atoms with van der Waals surface area (Å²) in [5.74, 6) is 0.0958. The predicted molar refractivity (Wildman–Crippen MR) is 102 cm³/mol. The average molecular weight is 372 g/mol. The number of hydrogen-bond donors (Lipinski definition) is 1. The van der Waals surface area contributed by atoms with Crippen molar-refractivity contribution in [1.82, 2.24) is 9.78 Å². The van der Waals surface area contributed by atoms with Crippen molar-refractivity contribution >= 4 is 34.0 Å². The zero-order chi connectivity index (χ0) is 18.8. The van der Waals surface area contributed by atoms with Gasteiger partial charge in [-0.2, -0.15) is 5.10 Å². The Morgan fingerprint density at radius 1 is 1.19 bits per heavy atom. The lowest BCUT2D eigenvalue weighted by molar-refractivity contribution is 0.102. The SMILES string of the molecule is COc1ccc(NC(=O)c2nn(C(C)C)c(=O)c3ccccc23)cc1Cl. The fraction of sp³-hybridized carbons (Fsp3) is 0.211. The van der Waals surface area contributed by atoms with Crippen LogP contribution in [0.2, 0.25) is 5.02 Å². The molecule has 0 atom stereocenters. The summed E-state index contributed by atoms with van der Waals surface area (Å²) < 4.78 is 6.43. The lowest BCUT2D eigenvalue weighted by Gasteiger charge is -2.14. The number of hydrogen-bond acceptors (Lipinski definition) is 4. The molecule has 0 saturated carbocycles. The molecule has 1 heterocycles. The molecule has 26 heavy (non-hydrogen) atoms. The molecular formula is C19H18ClN3O3. The van der Waals surface area contributed by atoms with Crippen molar-refractivity contribution < 1.29 is 9.53 Å². The first-order chi connectivity index (χ1) is 12.4. The second-order valence-corrected chi connectivity index (χ2v) is 6.45. The quantitative estimate of drug-likeness (QED) is 0.755. The molecule has 1 aromatic heterocycles. The van der Waals surface area contributed by atoms with Crippen LogP contribution in [0.1, 0.15) is 30.4 Å². The van der Waals surface area contributed by atoms with Gasteiger partial charge in [0.05, 0.1) is 23.6 Å². The Morgan fingerprint density at radius 2 is 1.88 bits per heavy atom. The maximum absolute atomic E-state index is 12.8. The van der Waals surface area contributed by atoms with Gasteiger partial charge in [0.2, 0.25) is 0 Å². The van der Waals surface area contributed by atoms with Crippen molar-refractivity contribution in [3.63, 3.8) is 0 Å². The summed E-state index contributed by atoms with van der Waals surface area (Å²) in [5, 5.41) is 8.40. The first kappa shape index (κ1) is 17.9. The Morgan fingerprint density at radius 3 is 2.50 bits per heavy atom. The number of nitrogens with zero attached hydrogens (tertiary/aromatic N) is 2. The van der Waals surface area contributed by atoms with Crippen LogP contribution in [0.25, 0.3) is 10.8 Å². The highest BCUT2D eigenvalue weighted by Gasteiger charge is 2.18. The van der Waals surface area contributed by atoms with Gasteiger partial charge in [-0.25, -0.2) is 4.68 Å². The van der Waals surface area contributed by atoms with Crippen molar-refractivity contribution in [3.05, 3.63) is 63.5 Å². The molecule has 0 aliphatic rings. The van der Waals surface area contributed by atoms with Gasteiger partial charge in [0, 0.05) is 11.1 Å². The Hall–Kier alpha value is -2.86. The van der Waals surface area contributed by atoms with Crippen molar-refractivity contribution in [3.8, 4) is 5.75 Å². The van der Waals surface area contributed by atoms with E-state index in [1.54, 1.807) is 42.5 Å². The second-order valence-electron chi connectivity index (χ2n) is 6.04. The number of halogens is 1. The van der Waals surface area contributed by atoms with Crippen molar-refractivity contribution in [1.29, 1.82) is 0 Å². The number of aromatic nitrogens is 2. The van der Waals surface area contributed by atoms with Crippen LogP contribution in [0.4, 0.5) is 5.69 Å². The highest BCUT2D eigenvalue weighted by Crippen LogP contribution is 2.27. The topological polar surface area (TPSA) is 73.2 Å². The smallest absolute Gasteiger partial charge is 0.276 e. The molecule has 1 N–H and O–H groups in total. The van der Waals surface area contributed by atoms with E-state index >= 15 is 0 Å². The Bertz CT molecular complexity index is 1040. The second kappa shape index (κ2) is 7.17. The highest BCUT2D eigenvalue weighted by atomic mass is 35.5. The Balaban J connectivity index is 2.07. The first-order valence-electron chi connectivity index (χ1n) is 8.09. The van der Waals surface area contributed by atoms with Gasteiger partial charge in [-0.05, 0) is 38.1 Å². The third-order valence-corrected chi connectivity index (χ3v) is 4.24. The molecule has 0 unspecified atom stereocenters. The number of anilines is 1. The molecule has 7 heteroatoms. The molecule has 0 fully saturated rings. The summed E-state index contributed by atoms with van der Waals surface area (Å²) in [6.07, 6.45) is 0. The van der Waals surface area contributed by atoms with Gasteiger partial charge in [-0.15, -0.1) is 0 Å². The highest BCUT2D eigenvalue weighted by molar-refractivity contribution is 6.32. The van der Waals surface area contributed by atoms with Gasteiger partial charge in [-0.3, -0.25) is 9.59 Å². The van der Waals surface area contributed by atoms with E-state index in [2.05, 4.69) is 10.4 Å². The molecule has 6 nitrogen and oxygen atoms in total. The van der Waals surface area contributed by atoms with E-state index in [0.29, 0.717) is 27.2 Å². The molecule has 3 rings (SSSR count). The predicted octanol–water partition coefficient (Wildman–Crippen LogP) is 3.89. The van der Waals surface area contributed by atoms with E-state index in [9.17, 15) is 9.59 Å². The zero-order valence-corrected chi connectivity index (χ0v) is 15.4. The monoisotopic (exact) mass is 371 g/mol. The lowest BCUT2D eigenvalue weighted by atomic mass is 10.1. The fourth-order valence-electron chi connectivity index (χ4n) is 2.66. The number of methoxy groups -OCH3 is 1. The third-order valence-electron chi connectivity index (χ3n) is 3.94. The summed E-state index contributed by atoms with van der Waals surface area (Å²) in [6.45, 7) is 3.68. The lowest BCUT2D eigenvalue weighted by Crippen LogP contribution is -2.28. The molecule has 2 aromatic carbocycles. The maximum atomic E-state index is 12.8. The summed E-state index contributed by atoms with van der Waals surface area (Å²) >= 11 is 6.10. The average Bonchev–Trinajstić information content (AvgIpc) is 2.62. The van der Waals surface area contributed by atoms with E-state index in [1.807, 2.05) is 13.8 Å². The molecule has 1 amide bonds. The van der Waals surface area contributed by atoms with Crippen LogP contribution in [0, 0.1) is 0 Å². The standard InChI is InChI=1S/C19H18ClN3O3/c1-11(2)23-19(25)14-7-5-4-6-13(14)17(22-23)18(24)21-12-8-9-16(26-3)15(20)10-12/h4-11H,1-3H3,(H,21,24). The van der Waals surface area contributed by atoms with Crippen LogP contribution in [0.3, 0.4) is 0 Å². The molecule has 3 aromatic rings. The molecule has 0 spiro atoms. The number of carbonyl (C=O) groups is 1. The number of fused-ring (bicyclic) bond motifs is 1. The fourth-order valence-corrected chi connectivity index (χ4v) is 2.92. The normalized spacial score (nSPS) is 11.0. The van der Waals surface area contributed by atoms with Crippen LogP contribution in [0.5, 0.6) is 5.75 Å². The van der Waals surface area contributed by atoms with Gasteiger partial charge in [0.15, 0.2) is 5.69 Å². The first-order valence-corrected chi connectivity index (χ1v) is 8.46. The third kappa shape index (κ3) is 3.28. The molecule has 0 radical (unpaired) electrons. The van der Waals surface area contributed by atoms with E-state index < -0.39 is 5.91 Å². The minimum Gasteiger partial charge on any atom is -0.495 e. The van der Waals surface area contributed by atoms with E-state index in [-0.39, 0.29) is 17.3 Å². The summed E-state index contributed by atoms with van der Waals surface area (Å²) in [7, 11) is 1.52. The number of ether oxygens (including phenoxy) is 1. The Labute approximate surface area is 155 Å². The van der Waals surface area contributed by atoms with Crippen molar-refractivity contribution in [2.24, 2.45) is 0 Å². The van der Waals surface area contributed by atoms with Crippen LogP contribution in [-0.2, 0) is 0 Å². The van der Waals surface area contributed by atoms with Gasteiger partial charge in [0.25, 0.3) is 11.5 Å². The molecule has 0 bridgehead atoms. The Kier molecular flexibility index (Phi) is 4.95. The largest absolute Gasteiger partial charge is 0.495 e. The van der Waals surface area contributed by atoms with Gasteiger partial charge < -0.3 is 10.1 Å². The van der Waals surface area contributed by atoms with E-state index in [1.165, 1.54) is 11.8 Å². The van der Waals surface area contributed by atoms with Gasteiger partial charge >= 0.3 is 0 Å². The van der Waals surface area contributed by atoms with Crippen LogP contribution in [0.15, 0.2) is 47.3 Å². The summed E-state index contributed by atoms with van der Waals surface area (Å²) in [4.78, 5) is 25.4. The van der Waals surface area contributed by atoms with Crippen LogP contribution >= 0.6 is 11.6 Å². The van der Waals surface area contributed by atoms with E-state index in [4.69, 9.17) is 16.3 Å². The summed E-state index contributed by atoms with van der Waals surface area (Å²) in [5.41, 5.74) is 0.467. The minimum atomic E-state index is -0.420. The summed E-state index contributed by atoms with van der Waals surface area (Å²) in [6, 6.07) is 11.7. The van der Waals surface area contributed by atoms with Crippen LogP contribution in [-0.4, -0.2) is 22.8 Å². The number of benzene rings is 2. The minimum absolute atomic E-state index is 0.172. The number of amides is 1. The van der Waals surface area contributed by atoms with Gasteiger partial charge in [0.1, 0.15) is 5.75 Å². The maximum Gasteiger partial charge on any atom is 0.276 e. The molecule has 0 saturated heterocycles. The van der Waals surface area contributed by atoms with Crippen molar-refractivity contribution in [2.45, 2.75) is 19.9 Å².